The van der Waals surface area contributed by atoms with Crippen LogP contribution < -0.4 is 5.32 Å². The summed E-state index contributed by atoms with van der Waals surface area (Å²) in [5.41, 5.74) is 0. The van der Waals surface area contributed by atoms with Gasteiger partial charge in [-0.1, -0.05) is 0 Å². The topological polar surface area (TPSA) is 89.9 Å². The van der Waals surface area contributed by atoms with Gasteiger partial charge in [-0.2, -0.15) is 0 Å². The van der Waals surface area contributed by atoms with Crippen LogP contribution in [0.1, 0.15) is 0 Å². The minimum Gasteiger partial charge on any atom is -0.516 e. The zero-order valence-corrected chi connectivity index (χ0v) is 6.10. The Hall–Kier alpha value is -1.56. The van der Waals surface area contributed by atoms with E-state index in [1.54, 1.807) is 0 Å². The Bertz CT molecular complexity index is 238. The maximum Gasteiger partial charge on any atom is 0.326 e. The van der Waals surface area contributed by atoms with Gasteiger partial charge < -0.3 is 10.2 Å². The molecule has 6 nitrogen and oxygen atoms in total. The van der Waals surface area contributed by atoms with Crippen LogP contribution in [0.4, 0.5) is 4.79 Å². The smallest absolute Gasteiger partial charge is 0.326 e. The zero-order valence-electron chi connectivity index (χ0n) is 6.10. The third-order valence-corrected chi connectivity index (χ3v) is 1.40. The molecule has 1 aliphatic heterocycles. The first kappa shape index (κ1) is 8.54. The van der Waals surface area contributed by atoms with Gasteiger partial charge in [0.15, 0.2) is 6.23 Å². The molecule has 1 rings (SSSR count). The van der Waals surface area contributed by atoms with E-state index >= 15 is 0 Å². The molecule has 0 aromatic heterocycles. The van der Waals surface area contributed by atoms with E-state index in [4.69, 9.17) is 10.2 Å². The molecule has 0 aliphatic carbocycles. The normalized spacial score (nSPS) is 20.2. The van der Waals surface area contributed by atoms with E-state index in [0.717, 1.165) is 11.0 Å². The minimum atomic E-state index is -1.26. The summed E-state index contributed by atoms with van der Waals surface area (Å²) >= 11 is 0. The second-order valence-electron chi connectivity index (χ2n) is 2.24. The molecule has 1 aliphatic rings. The maximum atomic E-state index is 10.8. The molecule has 1 fully saturated rings. The number of carbonyl (C=O) groups is 2. The molecule has 1 atom stereocenters. The van der Waals surface area contributed by atoms with Gasteiger partial charge in [-0.3, -0.25) is 15.0 Å². The van der Waals surface area contributed by atoms with E-state index in [-0.39, 0.29) is 6.54 Å². The number of aliphatic hydroxyl groups is 2. The highest BCUT2D eigenvalue weighted by Gasteiger charge is 2.30. The second kappa shape index (κ2) is 3.22. The van der Waals surface area contributed by atoms with Gasteiger partial charge in [0, 0.05) is 0 Å². The number of rotatable bonds is 2. The Balaban J connectivity index is 2.63. The lowest BCUT2D eigenvalue weighted by atomic mass is 10.4. The lowest BCUT2D eigenvalue weighted by Crippen LogP contribution is -2.36. The summed E-state index contributed by atoms with van der Waals surface area (Å²) in [6.07, 6.45) is 0.334. The van der Waals surface area contributed by atoms with Crippen molar-refractivity contribution in [1.29, 1.82) is 0 Å². The zero-order chi connectivity index (χ0) is 9.14. The van der Waals surface area contributed by atoms with Gasteiger partial charge in [0.25, 0.3) is 0 Å². The van der Waals surface area contributed by atoms with Gasteiger partial charge in [0.1, 0.15) is 6.54 Å². The first-order valence-corrected chi connectivity index (χ1v) is 3.24. The van der Waals surface area contributed by atoms with Gasteiger partial charge >= 0.3 is 6.03 Å². The van der Waals surface area contributed by atoms with Crippen molar-refractivity contribution in [2.75, 3.05) is 6.54 Å². The first-order valence-electron chi connectivity index (χ1n) is 3.24. The fourth-order valence-corrected chi connectivity index (χ4v) is 0.852. The molecule has 12 heavy (non-hydrogen) atoms. The highest BCUT2D eigenvalue weighted by atomic mass is 16.3. The number of carbonyl (C=O) groups excluding carboxylic acids is 2. The van der Waals surface area contributed by atoms with Crippen LogP contribution in [0.15, 0.2) is 12.3 Å². The van der Waals surface area contributed by atoms with Gasteiger partial charge in [0.2, 0.25) is 5.91 Å². The Labute approximate surface area is 68.1 Å². The summed E-state index contributed by atoms with van der Waals surface area (Å²) in [4.78, 5) is 22.3. The maximum absolute atomic E-state index is 10.8. The van der Waals surface area contributed by atoms with Crippen molar-refractivity contribution >= 4 is 11.9 Å². The number of hydrogen-bond donors (Lipinski definition) is 3. The first-order chi connectivity index (χ1) is 5.65. The Morgan fingerprint density at radius 3 is 2.67 bits per heavy atom. The summed E-state index contributed by atoms with van der Waals surface area (Å²) in [5, 5.41) is 19.3. The van der Waals surface area contributed by atoms with Crippen molar-refractivity contribution in [3.8, 4) is 0 Å². The van der Waals surface area contributed by atoms with E-state index in [1.165, 1.54) is 0 Å². The van der Waals surface area contributed by atoms with Crippen LogP contribution in [-0.2, 0) is 4.79 Å². The van der Waals surface area contributed by atoms with Gasteiger partial charge in [-0.15, -0.1) is 0 Å². The summed E-state index contributed by atoms with van der Waals surface area (Å²) in [5.74, 6) is -0.467. The Morgan fingerprint density at radius 1 is 1.58 bits per heavy atom. The van der Waals surface area contributed by atoms with Crippen molar-refractivity contribution in [2.45, 2.75) is 6.23 Å². The highest BCUT2D eigenvalue weighted by Crippen LogP contribution is 2.03. The molecule has 0 saturated carbocycles. The van der Waals surface area contributed by atoms with E-state index in [2.05, 4.69) is 0 Å². The molecule has 0 spiro atoms. The fourth-order valence-electron chi connectivity index (χ4n) is 0.852. The Kier molecular flexibility index (Phi) is 2.29. The Morgan fingerprint density at radius 2 is 2.25 bits per heavy atom. The van der Waals surface area contributed by atoms with Crippen LogP contribution in [0.2, 0.25) is 0 Å². The van der Waals surface area contributed by atoms with Crippen molar-refractivity contribution in [3.63, 3.8) is 0 Å². The molecule has 3 N–H and O–H groups in total. The molecule has 1 saturated heterocycles. The van der Waals surface area contributed by atoms with Crippen LogP contribution in [0.5, 0.6) is 0 Å². The monoisotopic (exact) mass is 172 g/mol. The minimum absolute atomic E-state index is 0.190. The van der Waals surface area contributed by atoms with E-state index < -0.39 is 18.2 Å². The molecule has 0 aromatic rings. The SMILES string of the molecule is O=C1CN(C(O)/C=C/O)C(=O)N1. The highest BCUT2D eigenvalue weighted by molar-refractivity contribution is 6.02. The third kappa shape index (κ3) is 1.54. The van der Waals surface area contributed by atoms with Crippen molar-refractivity contribution in [1.82, 2.24) is 10.2 Å². The van der Waals surface area contributed by atoms with Crippen molar-refractivity contribution in [3.05, 3.63) is 12.3 Å². The van der Waals surface area contributed by atoms with Crippen LogP contribution >= 0.6 is 0 Å². The van der Waals surface area contributed by atoms with E-state index in [0.29, 0.717) is 6.26 Å². The average molecular weight is 172 g/mol. The third-order valence-electron chi connectivity index (χ3n) is 1.40. The largest absolute Gasteiger partial charge is 0.516 e. The molecule has 0 bridgehead atoms. The quantitative estimate of drug-likeness (QED) is 0.365. The predicted octanol–water partition coefficient (Wildman–Crippen LogP) is -1.07. The summed E-state index contributed by atoms with van der Waals surface area (Å²) in [6, 6.07) is -0.661. The average Bonchev–Trinajstić information content (AvgIpc) is 2.30. The number of nitrogens with one attached hydrogen (secondary N) is 1. The van der Waals surface area contributed by atoms with Crippen LogP contribution in [-0.4, -0.2) is 39.8 Å². The lowest BCUT2D eigenvalue weighted by Gasteiger charge is -2.16. The lowest BCUT2D eigenvalue weighted by molar-refractivity contribution is -0.119. The molecule has 0 aromatic carbocycles. The summed E-state index contributed by atoms with van der Waals surface area (Å²) in [6.45, 7) is -0.190. The summed E-state index contributed by atoms with van der Waals surface area (Å²) in [7, 11) is 0. The molecule has 1 heterocycles. The number of nitrogens with zero attached hydrogens (tertiary/aromatic N) is 1. The van der Waals surface area contributed by atoms with Crippen molar-refractivity contribution < 1.29 is 19.8 Å². The van der Waals surface area contributed by atoms with Gasteiger partial charge in [-0.05, 0) is 6.08 Å². The van der Waals surface area contributed by atoms with Crippen molar-refractivity contribution in [2.24, 2.45) is 0 Å². The van der Waals surface area contributed by atoms with E-state index in [1.807, 2.05) is 5.32 Å². The predicted molar refractivity (Wildman–Crippen MR) is 38.0 cm³/mol. The molecule has 66 valence electrons. The number of imide groups is 1. The van der Waals surface area contributed by atoms with Gasteiger partial charge in [0.05, 0.1) is 6.26 Å². The molecule has 3 amide bonds. The standard InChI is InChI=1S/C6H8N2O4/c9-2-1-5(11)8-3-4(10)7-6(8)12/h1-2,5,9,11H,3H2,(H,7,10,12)/b2-1+. The summed E-state index contributed by atoms with van der Waals surface area (Å²) < 4.78 is 0. The number of urea groups is 1. The molecule has 1 unspecified atom stereocenters. The van der Waals surface area contributed by atoms with Gasteiger partial charge in [-0.25, -0.2) is 4.79 Å². The van der Waals surface area contributed by atoms with E-state index in [9.17, 15) is 9.59 Å². The molecular weight excluding hydrogens is 164 g/mol. The molecule has 6 heteroatoms. The number of hydrogen-bond acceptors (Lipinski definition) is 4. The molecule has 0 radical (unpaired) electrons. The van der Waals surface area contributed by atoms with Crippen LogP contribution in [0.25, 0.3) is 0 Å². The second-order valence-corrected chi connectivity index (χ2v) is 2.24. The molecular formula is C6H8N2O4. The van der Waals surface area contributed by atoms with Crippen LogP contribution in [0, 0.1) is 0 Å². The van der Waals surface area contributed by atoms with Crippen LogP contribution in [0.3, 0.4) is 0 Å². The number of amides is 3. The number of aliphatic hydroxyl groups excluding tert-OH is 2. The fraction of sp³-hybridized carbons (Fsp3) is 0.333.